The van der Waals surface area contributed by atoms with Crippen LogP contribution in [0.1, 0.15) is 31.2 Å². The number of amides is 2. The summed E-state index contributed by atoms with van der Waals surface area (Å²) in [4.78, 5) is 23.2. The normalized spacial score (nSPS) is 18.6. The van der Waals surface area contributed by atoms with Gasteiger partial charge in [0.1, 0.15) is 5.82 Å². The monoisotopic (exact) mass is 450 g/mol. The zero-order valence-corrected chi connectivity index (χ0v) is 19.0. The van der Waals surface area contributed by atoms with Gasteiger partial charge in [0.05, 0.1) is 15.7 Å². The van der Waals surface area contributed by atoms with Gasteiger partial charge in [-0.1, -0.05) is 29.3 Å². The summed E-state index contributed by atoms with van der Waals surface area (Å²) >= 11 is 12.1. The number of halogens is 2. The van der Waals surface area contributed by atoms with E-state index in [9.17, 15) is 4.79 Å². The van der Waals surface area contributed by atoms with E-state index in [1.165, 1.54) is 0 Å². The highest BCUT2D eigenvalue weighted by molar-refractivity contribution is 6.43. The summed E-state index contributed by atoms with van der Waals surface area (Å²) in [6.07, 6.45) is 5.95. The van der Waals surface area contributed by atoms with E-state index in [0.717, 1.165) is 37.1 Å². The van der Waals surface area contributed by atoms with Gasteiger partial charge in [0.25, 0.3) is 0 Å². The molecule has 1 aliphatic rings. The van der Waals surface area contributed by atoms with Crippen LogP contribution in [0.15, 0.2) is 24.4 Å². The van der Waals surface area contributed by atoms with Gasteiger partial charge >= 0.3 is 6.03 Å². The van der Waals surface area contributed by atoms with E-state index < -0.39 is 0 Å². The number of aryl methyl sites for hydroxylation is 1. The number of carbonyl (C=O) groups is 1. The summed E-state index contributed by atoms with van der Waals surface area (Å²) in [6, 6.07) is 5.22. The fourth-order valence-corrected chi connectivity index (χ4v) is 4.00. The molecule has 0 spiro atoms. The molecule has 2 aromatic rings. The number of carbonyl (C=O) groups excluding carboxylic acids is 1. The van der Waals surface area contributed by atoms with Crippen LogP contribution < -0.4 is 20.9 Å². The second-order valence-corrected chi connectivity index (χ2v) is 8.68. The molecule has 0 radical (unpaired) electrons. The van der Waals surface area contributed by atoms with Gasteiger partial charge in [-0.2, -0.15) is 4.98 Å². The molecule has 0 saturated heterocycles. The molecule has 1 aliphatic carbocycles. The van der Waals surface area contributed by atoms with E-state index in [2.05, 4.69) is 25.9 Å². The van der Waals surface area contributed by atoms with Crippen molar-refractivity contribution in [3.05, 3.63) is 40.0 Å². The van der Waals surface area contributed by atoms with Crippen molar-refractivity contribution in [1.82, 2.24) is 15.3 Å². The third-order valence-electron chi connectivity index (χ3n) is 5.30. The van der Waals surface area contributed by atoms with Crippen LogP contribution in [-0.4, -0.2) is 42.7 Å². The molecule has 30 heavy (non-hydrogen) atoms. The fraction of sp³-hybridized carbons (Fsp3) is 0.476. The van der Waals surface area contributed by atoms with Crippen LogP contribution in [0.25, 0.3) is 0 Å². The van der Waals surface area contributed by atoms with Crippen LogP contribution in [-0.2, 0) is 0 Å². The summed E-state index contributed by atoms with van der Waals surface area (Å²) in [6.45, 7) is 2.64. The minimum atomic E-state index is -0.274. The Morgan fingerprint density at radius 1 is 1.20 bits per heavy atom. The zero-order chi connectivity index (χ0) is 21.7. The van der Waals surface area contributed by atoms with Crippen LogP contribution in [0.5, 0.6) is 0 Å². The van der Waals surface area contributed by atoms with Gasteiger partial charge in [0.2, 0.25) is 5.95 Å². The van der Waals surface area contributed by atoms with E-state index in [4.69, 9.17) is 23.2 Å². The highest BCUT2D eigenvalue weighted by Gasteiger charge is 2.22. The van der Waals surface area contributed by atoms with Crippen LogP contribution in [0.4, 0.5) is 22.2 Å². The Hall–Kier alpha value is -2.25. The van der Waals surface area contributed by atoms with Crippen molar-refractivity contribution < 1.29 is 4.79 Å². The molecule has 0 bridgehead atoms. The van der Waals surface area contributed by atoms with Gasteiger partial charge in [-0.15, -0.1) is 0 Å². The lowest BCUT2D eigenvalue weighted by atomic mass is 9.86. The van der Waals surface area contributed by atoms with Crippen LogP contribution in [0.3, 0.4) is 0 Å². The van der Waals surface area contributed by atoms with Gasteiger partial charge in [-0.25, -0.2) is 9.78 Å². The quantitative estimate of drug-likeness (QED) is 0.579. The average Bonchev–Trinajstić information content (AvgIpc) is 2.72. The third-order valence-corrected chi connectivity index (χ3v) is 6.12. The van der Waals surface area contributed by atoms with Gasteiger partial charge in [0.15, 0.2) is 0 Å². The van der Waals surface area contributed by atoms with Gasteiger partial charge in [0, 0.05) is 38.4 Å². The molecule has 3 rings (SSSR count). The predicted octanol–water partition coefficient (Wildman–Crippen LogP) is 4.95. The summed E-state index contributed by atoms with van der Waals surface area (Å²) in [5.41, 5.74) is 1.56. The number of nitrogens with zero attached hydrogens (tertiary/aromatic N) is 3. The molecule has 1 aromatic carbocycles. The maximum absolute atomic E-state index is 12.2. The first-order chi connectivity index (χ1) is 14.3. The molecule has 1 saturated carbocycles. The molecule has 0 atom stereocenters. The van der Waals surface area contributed by atoms with Crippen LogP contribution >= 0.6 is 23.2 Å². The first kappa shape index (κ1) is 22.4. The number of nitrogens with one attached hydrogen (secondary N) is 3. The standard InChI is InChI=1S/C21H28Cl2N6O/c1-13-11-24-20(28-19(13)29(2)3)26-15-9-7-14(8-10-15)12-25-21(30)27-17-6-4-5-16(22)18(17)23/h4-6,11,14-15H,7-10,12H2,1-3H3,(H,24,26,28)(H2,25,27,30). The lowest BCUT2D eigenvalue weighted by molar-refractivity contribution is 0.246. The second kappa shape index (κ2) is 10.2. The molecule has 1 aromatic heterocycles. The number of rotatable bonds is 6. The minimum absolute atomic E-state index is 0.274. The maximum Gasteiger partial charge on any atom is 0.319 e. The molecule has 7 nitrogen and oxygen atoms in total. The SMILES string of the molecule is Cc1cnc(NC2CCC(CNC(=O)Nc3cccc(Cl)c3Cl)CC2)nc1N(C)C. The molecule has 0 unspecified atom stereocenters. The first-order valence-electron chi connectivity index (χ1n) is 10.1. The van der Waals surface area contributed by atoms with E-state index in [0.29, 0.717) is 40.2 Å². The summed E-state index contributed by atoms with van der Waals surface area (Å²) < 4.78 is 0. The Balaban J connectivity index is 1.43. The van der Waals surface area contributed by atoms with Crippen molar-refractivity contribution in [2.24, 2.45) is 5.92 Å². The van der Waals surface area contributed by atoms with E-state index in [-0.39, 0.29) is 6.03 Å². The Kier molecular flexibility index (Phi) is 7.61. The lowest BCUT2D eigenvalue weighted by Crippen LogP contribution is -2.36. The predicted molar refractivity (Wildman–Crippen MR) is 124 cm³/mol. The van der Waals surface area contributed by atoms with Crippen molar-refractivity contribution in [3.63, 3.8) is 0 Å². The Labute approximate surface area is 187 Å². The number of aromatic nitrogens is 2. The van der Waals surface area contributed by atoms with Crippen LogP contribution in [0.2, 0.25) is 10.0 Å². The third kappa shape index (κ3) is 5.89. The molecule has 3 N–H and O–H groups in total. The number of hydrogen-bond donors (Lipinski definition) is 3. The molecule has 2 amide bonds. The summed E-state index contributed by atoms with van der Waals surface area (Å²) in [5.74, 6) is 2.04. The zero-order valence-electron chi connectivity index (χ0n) is 17.5. The van der Waals surface area contributed by atoms with Crippen molar-refractivity contribution in [1.29, 1.82) is 0 Å². The fourth-order valence-electron chi connectivity index (χ4n) is 3.65. The van der Waals surface area contributed by atoms with Crippen LogP contribution in [0, 0.1) is 12.8 Å². The number of benzene rings is 1. The number of hydrogen-bond acceptors (Lipinski definition) is 5. The average molecular weight is 451 g/mol. The lowest BCUT2D eigenvalue weighted by Gasteiger charge is -2.29. The Bertz CT molecular complexity index is 884. The van der Waals surface area contributed by atoms with Crippen molar-refractivity contribution in [2.45, 2.75) is 38.6 Å². The molecular weight excluding hydrogens is 423 g/mol. The number of anilines is 3. The maximum atomic E-state index is 12.2. The topological polar surface area (TPSA) is 82.2 Å². The highest BCUT2D eigenvalue weighted by Crippen LogP contribution is 2.30. The molecule has 1 fully saturated rings. The first-order valence-corrected chi connectivity index (χ1v) is 10.9. The molecule has 162 valence electrons. The van der Waals surface area contributed by atoms with E-state index in [1.807, 2.05) is 32.1 Å². The van der Waals surface area contributed by atoms with Gasteiger partial charge in [-0.05, 0) is 50.7 Å². The van der Waals surface area contributed by atoms with Gasteiger partial charge in [-0.3, -0.25) is 0 Å². The van der Waals surface area contributed by atoms with Crippen molar-refractivity contribution in [2.75, 3.05) is 36.2 Å². The molecule has 9 heteroatoms. The van der Waals surface area contributed by atoms with Crippen molar-refractivity contribution >= 4 is 46.7 Å². The molecule has 1 heterocycles. The Morgan fingerprint density at radius 3 is 2.63 bits per heavy atom. The highest BCUT2D eigenvalue weighted by atomic mass is 35.5. The minimum Gasteiger partial charge on any atom is -0.362 e. The number of urea groups is 1. The van der Waals surface area contributed by atoms with E-state index in [1.54, 1.807) is 18.2 Å². The Morgan fingerprint density at radius 2 is 1.93 bits per heavy atom. The molecular formula is C21H28Cl2N6O. The summed E-state index contributed by atoms with van der Waals surface area (Å²) in [7, 11) is 3.96. The second-order valence-electron chi connectivity index (χ2n) is 7.89. The smallest absolute Gasteiger partial charge is 0.319 e. The molecule has 0 aliphatic heterocycles. The van der Waals surface area contributed by atoms with Crippen molar-refractivity contribution in [3.8, 4) is 0 Å². The largest absolute Gasteiger partial charge is 0.362 e. The van der Waals surface area contributed by atoms with E-state index >= 15 is 0 Å². The van der Waals surface area contributed by atoms with Gasteiger partial charge < -0.3 is 20.9 Å². The summed E-state index contributed by atoms with van der Waals surface area (Å²) in [5, 5.41) is 9.90.